The van der Waals surface area contributed by atoms with Gasteiger partial charge in [-0.05, 0) is 72.1 Å². The number of carbonyl (C=O) groups is 2. The number of likely N-dealkylation sites (N-methyl/N-ethyl adjacent to an activating group) is 1. The molecule has 13 heteroatoms. The molecule has 3 saturated heterocycles. The zero-order valence-electron chi connectivity index (χ0n) is 29.0. The van der Waals surface area contributed by atoms with E-state index >= 15 is 0 Å². The molecule has 5 rings (SSSR count). The first-order valence-corrected chi connectivity index (χ1v) is 17.0. The molecule has 3 aliphatic rings. The average Bonchev–Trinajstić information content (AvgIpc) is 3.04. The lowest BCUT2D eigenvalue weighted by atomic mass is 10.0. The number of carbonyl (C=O) groups excluding carboxylic acids is 2. The largest absolute Gasteiger partial charge is 0.495 e. The van der Waals surface area contributed by atoms with Crippen LogP contribution in [0.1, 0.15) is 69.6 Å². The van der Waals surface area contributed by atoms with Crippen LogP contribution < -0.4 is 26.0 Å². The summed E-state index contributed by atoms with van der Waals surface area (Å²) in [6.07, 6.45) is 4.16. The zero-order valence-corrected chi connectivity index (χ0v) is 29.0. The van der Waals surface area contributed by atoms with Crippen LogP contribution in [0.2, 0.25) is 0 Å². The molecule has 1 atom stereocenters. The van der Waals surface area contributed by atoms with Gasteiger partial charge in [0.2, 0.25) is 0 Å². The highest BCUT2D eigenvalue weighted by Crippen LogP contribution is 2.35. The third kappa shape index (κ3) is 8.75. The fourth-order valence-electron chi connectivity index (χ4n) is 6.68. The third-order valence-corrected chi connectivity index (χ3v) is 9.25. The third-order valence-electron chi connectivity index (χ3n) is 9.25. The Kier molecular flexibility index (Phi) is 11.0. The van der Waals surface area contributed by atoms with E-state index in [2.05, 4.69) is 43.4 Å². The van der Waals surface area contributed by atoms with E-state index in [1.807, 2.05) is 39.8 Å². The number of aromatic nitrogens is 2. The van der Waals surface area contributed by atoms with Gasteiger partial charge in [0.05, 0.1) is 18.5 Å². The van der Waals surface area contributed by atoms with Crippen LogP contribution in [0.15, 0.2) is 18.2 Å². The molecule has 2 amide bonds. The van der Waals surface area contributed by atoms with Gasteiger partial charge >= 0.3 is 6.09 Å². The summed E-state index contributed by atoms with van der Waals surface area (Å²) in [4.78, 5) is 43.9. The lowest BCUT2D eigenvalue weighted by Crippen LogP contribution is -2.52. The number of nitrogens with zero attached hydrogens (tertiary/aromatic N) is 6. The summed E-state index contributed by atoms with van der Waals surface area (Å²) in [5.74, 6) is 0.902. The Morgan fingerprint density at radius 3 is 2.36 bits per heavy atom. The molecular weight excluding hydrogens is 598 g/mol. The van der Waals surface area contributed by atoms with Crippen LogP contribution >= 0.6 is 0 Å². The van der Waals surface area contributed by atoms with Crippen LogP contribution in [0, 0.1) is 0 Å². The smallest absolute Gasteiger partial charge is 0.410 e. The first-order valence-electron chi connectivity index (χ1n) is 17.0. The van der Waals surface area contributed by atoms with E-state index in [0.29, 0.717) is 42.8 Å². The number of aryl methyl sites for hydroxylation is 1. The molecule has 4 N–H and O–H groups in total. The molecule has 258 valence electrons. The van der Waals surface area contributed by atoms with Gasteiger partial charge in [0.25, 0.3) is 5.91 Å². The summed E-state index contributed by atoms with van der Waals surface area (Å²) in [5, 5.41) is 6.78. The second-order valence-corrected chi connectivity index (χ2v) is 13.9. The Balaban J connectivity index is 1.30. The standard InChI is InChI=1S/C34H53N9O4/c1-7-26-31(37-24-9-8-14-43(22-24)33(45)47-34(2,3)4)39-32(29(38-26)30(35)44)36-23-10-11-27(28(21-23)46-6)42-15-12-25(13-16-42)41-19-17-40(5)18-20-41/h10-11,21,24-25H,7-9,12-20,22H2,1-6H3,(H2,35,44)(H2,36,37,39)/t24-/m1/s1. The average molecular weight is 652 g/mol. The summed E-state index contributed by atoms with van der Waals surface area (Å²) >= 11 is 0. The molecule has 1 aromatic heterocycles. The number of primary amides is 1. The Morgan fingerprint density at radius 1 is 1.00 bits per heavy atom. The topological polar surface area (TPSA) is 141 Å². The molecular formula is C34H53N9O4. The Hall–Kier alpha value is -3.84. The van der Waals surface area contributed by atoms with Gasteiger partial charge in [-0.15, -0.1) is 0 Å². The number of likely N-dealkylation sites (tertiary alicyclic amines) is 1. The molecule has 3 fully saturated rings. The van der Waals surface area contributed by atoms with E-state index in [4.69, 9.17) is 20.2 Å². The summed E-state index contributed by atoms with van der Waals surface area (Å²) in [6.45, 7) is 15.2. The van der Waals surface area contributed by atoms with E-state index in [-0.39, 0.29) is 23.6 Å². The van der Waals surface area contributed by atoms with Gasteiger partial charge in [-0.2, -0.15) is 0 Å². The first kappa shape index (κ1) is 34.5. The second-order valence-electron chi connectivity index (χ2n) is 13.9. The van der Waals surface area contributed by atoms with Crippen molar-refractivity contribution >= 4 is 35.0 Å². The molecule has 0 unspecified atom stereocenters. The van der Waals surface area contributed by atoms with Gasteiger partial charge in [0, 0.05) is 76.2 Å². The van der Waals surface area contributed by atoms with Gasteiger partial charge in [0.15, 0.2) is 17.3 Å². The van der Waals surface area contributed by atoms with Crippen LogP contribution in [0.25, 0.3) is 0 Å². The minimum absolute atomic E-state index is 0.0529. The van der Waals surface area contributed by atoms with E-state index in [9.17, 15) is 9.59 Å². The van der Waals surface area contributed by atoms with E-state index in [0.717, 1.165) is 76.4 Å². The fraction of sp³-hybridized carbons (Fsp3) is 0.647. The van der Waals surface area contributed by atoms with Crippen LogP contribution in [-0.4, -0.2) is 121 Å². The molecule has 0 aliphatic carbocycles. The quantitative estimate of drug-likeness (QED) is 0.363. The highest BCUT2D eigenvalue weighted by atomic mass is 16.6. The SMILES string of the molecule is CCc1nc(C(N)=O)c(Nc2ccc(N3CCC(N4CCN(C)CC4)CC3)c(OC)c2)nc1N[C@@H]1CCCN(C(=O)OC(C)(C)C)C1. The molecule has 47 heavy (non-hydrogen) atoms. The second kappa shape index (κ2) is 14.9. The molecule has 2 aromatic rings. The highest BCUT2D eigenvalue weighted by molar-refractivity contribution is 5.96. The van der Waals surface area contributed by atoms with Gasteiger partial charge in [-0.25, -0.2) is 14.8 Å². The minimum atomic E-state index is -0.665. The number of rotatable bonds is 9. The van der Waals surface area contributed by atoms with Gasteiger partial charge in [-0.3, -0.25) is 9.69 Å². The molecule has 0 bridgehead atoms. The predicted molar refractivity (Wildman–Crippen MR) is 185 cm³/mol. The molecule has 0 saturated carbocycles. The van der Waals surface area contributed by atoms with Crippen molar-refractivity contribution in [3.63, 3.8) is 0 Å². The van der Waals surface area contributed by atoms with Gasteiger partial charge < -0.3 is 40.5 Å². The van der Waals surface area contributed by atoms with Crippen molar-refractivity contribution in [2.75, 3.05) is 82.0 Å². The molecule has 0 spiro atoms. The number of methoxy groups -OCH3 is 1. The normalized spacial score (nSPS) is 20.2. The van der Waals surface area contributed by atoms with Crippen molar-refractivity contribution in [1.82, 2.24) is 24.7 Å². The monoisotopic (exact) mass is 651 g/mol. The number of amides is 2. The van der Waals surface area contributed by atoms with E-state index in [1.54, 1.807) is 12.0 Å². The van der Waals surface area contributed by atoms with Crippen molar-refractivity contribution < 1.29 is 19.1 Å². The van der Waals surface area contributed by atoms with Crippen molar-refractivity contribution in [2.45, 2.75) is 77.5 Å². The molecule has 3 aliphatic heterocycles. The van der Waals surface area contributed by atoms with Crippen LogP contribution in [0.5, 0.6) is 5.75 Å². The summed E-state index contributed by atoms with van der Waals surface area (Å²) < 4.78 is 11.5. The number of benzene rings is 1. The fourth-order valence-corrected chi connectivity index (χ4v) is 6.68. The number of anilines is 4. The molecule has 4 heterocycles. The number of hydrogen-bond donors (Lipinski definition) is 3. The van der Waals surface area contributed by atoms with Crippen molar-refractivity contribution in [2.24, 2.45) is 5.73 Å². The predicted octanol–water partition coefficient (Wildman–Crippen LogP) is 3.92. The maximum atomic E-state index is 12.7. The highest BCUT2D eigenvalue weighted by Gasteiger charge is 2.30. The summed E-state index contributed by atoms with van der Waals surface area (Å²) in [5.41, 5.74) is 7.67. The number of nitrogens with one attached hydrogen (secondary N) is 2. The van der Waals surface area contributed by atoms with E-state index < -0.39 is 11.5 Å². The van der Waals surface area contributed by atoms with Crippen LogP contribution in [-0.2, 0) is 11.2 Å². The van der Waals surface area contributed by atoms with Crippen molar-refractivity contribution in [1.29, 1.82) is 0 Å². The number of nitrogens with two attached hydrogens (primary N) is 1. The maximum absolute atomic E-state index is 12.7. The van der Waals surface area contributed by atoms with Crippen LogP contribution in [0.3, 0.4) is 0 Å². The zero-order chi connectivity index (χ0) is 33.7. The van der Waals surface area contributed by atoms with Gasteiger partial charge in [-0.1, -0.05) is 6.92 Å². The maximum Gasteiger partial charge on any atom is 0.410 e. The number of ether oxygens (including phenoxy) is 2. The van der Waals surface area contributed by atoms with Crippen molar-refractivity contribution in [3.8, 4) is 5.75 Å². The molecule has 13 nitrogen and oxygen atoms in total. The Labute approximate surface area is 279 Å². The summed E-state index contributed by atoms with van der Waals surface area (Å²) in [6, 6.07) is 6.53. The molecule has 1 aromatic carbocycles. The van der Waals surface area contributed by atoms with Crippen LogP contribution in [0.4, 0.5) is 27.8 Å². The number of hydrogen-bond acceptors (Lipinski definition) is 11. The van der Waals surface area contributed by atoms with Crippen molar-refractivity contribution in [3.05, 3.63) is 29.6 Å². The number of piperidine rings is 2. The first-order chi connectivity index (χ1) is 22.4. The summed E-state index contributed by atoms with van der Waals surface area (Å²) in [7, 11) is 3.87. The van der Waals surface area contributed by atoms with E-state index in [1.165, 1.54) is 0 Å². The lowest BCUT2D eigenvalue weighted by Gasteiger charge is -2.42. The minimum Gasteiger partial charge on any atom is -0.495 e. The number of piperazine rings is 1. The Bertz CT molecular complexity index is 1400. The molecule has 0 radical (unpaired) electrons. The van der Waals surface area contributed by atoms with Gasteiger partial charge in [0.1, 0.15) is 11.4 Å². The Morgan fingerprint density at radius 2 is 1.72 bits per heavy atom. The lowest BCUT2D eigenvalue weighted by molar-refractivity contribution is 0.0206.